The van der Waals surface area contributed by atoms with E-state index in [0.29, 0.717) is 5.92 Å². The summed E-state index contributed by atoms with van der Waals surface area (Å²) >= 11 is 0. The molecule has 0 bridgehead atoms. The van der Waals surface area contributed by atoms with Gasteiger partial charge in [0.2, 0.25) is 5.91 Å². The molecule has 3 heteroatoms. The van der Waals surface area contributed by atoms with Gasteiger partial charge in [0.05, 0.1) is 12.6 Å². The zero-order valence-corrected chi connectivity index (χ0v) is 5.00. The van der Waals surface area contributed by atoms with E-state index in [0.717, 1.165) is 6.42 Å². The highest BCUT2D eigenvalue weighted by Gasteiger charge is 2.53. The number of hydrogen-bond acceptors (Lipinski definition) is 2. The monoisotopic (exact) mass is 127 g/mol. The van der Waals surface area contributed by atoms with Crippen LogP contribution in [0.4, 0.5) is 0 Å². The summed E-state index contributed by atoms with van der Waals surface area (Å²) in [5, 5.41) is 11.4. The molecular weight excluding hydrogens is 118 g/mol. The van der Waals surface area contributed by atoms with Gasteiger partial charge in [-0.3, -0.25) is 4.79 Å². The van der Waals surface area contributed by atoms with Crippen molar-refractivity contribution in [1.29, 1.82) is 0 Å². The number of hydrogen-bond donors (Lipinski definition) is 2. The van der Waals surface area contributed by atoms with Crippen molar-refractivity contribution in [2.45, 2.75) is 12.5 Å². The highest BCUT2D eigenvalue weighted by molar-refractivity contribution is 5.85. The minimum atomic E-state index is 0.0718. The number of carbonyl (C=O) groups excluding carboxylic acids is 1. The second kappa shape index (κ2) is 1.48. The molecule has 0 aromatic heterocycles. The molecule has 1 saturated heterocycles. The van der Waals surface area contributed by atoms with E-state index in [4.69, 9.17) is 5.11 Å². The first-order valence-corrected chi connectivity index (χ1v) is 3.24. The van der Waals surface area contributed by atoms with Gasteiger partial charge in [0.1, 0.15) is 0 Å². The van der Waals surface area contributed by atoms with Crippen molar-refractivity contribution in [3.8, 4) is 0 Å². The van der Waals surface area contributed by atoms with Crippen LogP contribution in [0.15, 0.2) is 0 Å². The van der Waals surface area contributed by atoms with E-state index in [9.17, 15) is 4.79 Å². The Morgan fingerprint density at radius 3 is 2.78 bits per heavy atom. The van der Waals surface area contributed by atoms with E-state index in [1.165, 1.54) is 0 Å². The maximum Gasteiger partial charge on any atom is 0.223 e. The minimum absolute atomic E-state index is 0.0718. The molecule has 0 unspecified atom stereocenters. The van der Waals surface area contributed by atoms with Crippen LogP contribution in [0.3, 0.4) is 0 Å². The van der Waals surface area contributed by atoms with Crippen molar-refractivity contribution >= 4 is 5.91 Å². The summed E-state index contributed by atoms with van der Waals surface area (Å²) in [6.45, 7) is 0.104. The molecule has 2 fully saturated rings. The number of piperidine rings is 1. The number of aliphatic hydroxyl groups excluding tert-OH is 1. The van der Waals surface area contributed by atoms with Gasteiger partial charge in [0, 0.05) is 5.92 Å². The summed E-state index contributed by atoms with van der Waals surface area (Å²) in [5.74, 6) is 0.851. The Kier molecular flexibility index (Phi) is 0.858. The summed E-state index contributed by atoms with van der Waals surface area (Å²) in [7, 11) is 0. The van der Waals surface area contributed by atoms with Crippen molar-refractivity contribution in [1.82, 2.24) is 5.32 Å². The molecule has 0 aromatic rings. The van der Waals surface area contributed by atoms with E-state index in [2.05, 4.69) is 5.32 Å². The molecule has 1 heterocycles. The first-order valence-electron chi connectivity index (χ1n) is 3.24. The van der Waals surface area contributed by atoms with E-state index in [1.807, 2.05) is 0 Å². The van der Waals surface area contributed by atoms with Crippen LogP contribution in [-0.2, 0) is 4.79 Å². The third kappa shape index (κ3) is 0.580. The number of carbonyl (C=O) groups is 1. The molecule has 0 spiro atoms. The third-order valence-corrected chi connectivity index (χ3v) is 2.22. The predicted molar refractivity (Wildman–Crippen MR) is 30.6 cm³/mol. The second-order valence-corrected chi connectivity index (χ2v) is 2.80. The quantitative estimate of drug-likeness (QED) is 0.480. The van der Waals surface area contributed by atoms with Gasteiger partial charge in [0.15, 0.2) is 0 Å². The van der Waals surface area contributed by atoms with E-state index in [-0.39, 0.29) is 24.5 Å². The molecule has 1 aliphatic heterocycles. The molecular formula is C6H9NO2. The average Bonchev–Trinajstić information content (AvgIpc) is 2.56. The Labute approximate surface area is 53.1 Å². The Morgan fingerprint density at radius 1 is 1.78 bits per heavy atom. The molecule has 2 rings (SSSR count). The maximum absolute atomic E-state index is 10.8. The predicted octanol–water partition coefficient (Wildman–Crippen LogP) is -0.887. The topological polar surface area (TPSA) is 49.3 Å². The molecule has 2 aliphatic rings. The number of rotatable bonds is 1. The van der Waals surface area contributed by atoms with Crippen LogP contribution in [0, 0.1) is 11.8 Å². The molecule has 1 aliphatic carbocycles. The fraction of sp³-hybridized carbons (Fsp3) is 0.833. The van der Waals surface area contributed by atoms with Gasteiger partial charge in [-0.15, -0.1) is 0 Å². The SMILES string of the molecule is O=C1N[C@@H](CO)[C@@H]2C[C@H]12. The zero-order chi connectivity index (χ0) is 6.43. The maximum atomic E-state index is 10.8. The van der Waals surface area contributed by atoms with Gasteiger partial charge in [-0.1, -0.05) is 0 Å². The molecule has 0 aromatic carbocycles. The van der Waals surface area contributed by atoms with Crippen molar-refractivity contribution in [2.24, 2.45) is 11.8 Å². The van der Waals surface area contributed by atoms with Gasteiger partial charge in [-0.05, 0) is 12.3 Å². The Hall–Kier alpha value is -0.570. The van der Waals surface area contributed by atoms with Gasteiger partial charge in [-0.25, -0.2) is 0 Å². The third-order valence-electron chi connectivity index (χ3n) is 2.22. The van der Waals surface area contributed by atoms with E-state index in [1.54, 1.807) is 0 Å². The normalized spacial score (nSPS) is 46.3. The zero-order valence-electron chi connectivity index (χ0n) is 5.00. The standard InChI is InChI=1S/C6H9NO2/c8-2-5-3-1-4(3)6(9)7-5/h3-5,8H,1-2H2,(H,7,9)/t3-,4+,5+/m1/s1. The minimum Gasteiger partial charge on any atom is -0.394 e. The summed E-state index contributed by atoms with van der Waals surface area (Å²) in [6, 6.07) is 0.0718. The van der Waals surface area contributed by atoms with Crippen molar-refractivity contribution in [3.63, 3.8) is 0 Å². The highest BCUT2D eigenvalue weighted by atomic mass is 16.3. The number of amides is 1. The van der Waals surface area contributed by atoms with Crippen LogP contribution < -0.4 is 5.32 Å². The molecule has 3 nitrogen and oxygen atoms in total. The van der Waals surface area contributed by atoms with E-state index < -0.39 is 0 Å². The van der Waals surface area contributed by atoms with Gasteiger partial charge in [0.25, 0.3) is 0 Å². The van der Waals surface area contributed by atoms with Crippen molar-refractivity contribution < 1.29 is 9.90 Å². The molecule has 3 atom stereocenters. The van der Waals surface area contributed by atoms with Crippen LogP contribution in [0.5, 0.6) is 0 Å². The molecule has 9 heavy (non-hydrogen) atoms. The Bertz CT molecular complexity index is 157. The van der Waals surface area contributed by atoms with Crippen LogP contribution >= 0.6 is 0 Å². The molecule has 50 valence electrons. The molecule has 1 saturated carbocycles. The average molecular weight is 127 g/mol. The van der Waals surface area contributed by atoms with E-state index >= 15 is 0 Å². The summed E-state index contributed by atoms with van der Waals surface area (Å²) in [6.07, 6.45) is 0.997. The smallest absolute Gasteiger partial charge is 0.223 e. The van der Waals surface area contributed by atoms with Crippen LogP contribution in [0.1, 0.15) is 6.42 Å². The van der Waals surface area contributed by atoms with Crippen molar-refractivity contribution in [3.05, 3.63) is 0 Å². The highest BCUT2D eigenvalue weighted by Crippen LogP contribution is 2.45. The lowest BCUT2D eigenvalue weighted by molar-refractivity contribution is -0.121. The fourth-order valence-corrected chi connectivity index (χ4v) is 1.54. The Balaban J connectivity index is 2.08. The lowest BCUT2D eigenvalue weighted by Crippen LogP contribution is -2.32. The van der Waals surface area contributed by atoms with Crippen LogP contribution in [0.2, 0.25) is 0 Å². The number of fused-ring (bicyclic) bond motifs is 1. The van der Waals surface area contributed by atoms with Crippen molar-refractivity contribution in [2.75, 3.05) is 6.61 Å². The molecule has 0 radical (unpaired) electrons. The summed E-state index contributed by atoms with van der Waals surface area (Å²) in [4.78, 5) is 10.8. The number of aliphatic hydroxyl groups is 1. The molecule has 2 N–H and O–H groups in total. The summed E-state index contributed by atoms with van der Waals surface area (Å²) in [5.41, 5.74) is 0. The largest absolute Gasteiger partial charge is 0.394 e. The number of nitrogens with one attached hydrogen (secondary N) is 1. The Morgan fingerprint density at radius 2 is 2.56 bits per heavy atom. The fourth-order valence-electron chi connectivity index (χ4n) is 1.54. The van der Waals surface area contributed by atoms with Gasteiger partial charge in [-0.2, -0.15) is 0 Å². The van der Waals surface area contributed by atoms with Gasteiger partial charge >= 0.3 is 0 Å². The first kappa shape index (κ1) is 5.23. The lowest BCUT2D eigenvalue weighted by atomic mass is 10.2. The van der Waals surface area contributed by atoms with Crippen LogP contribution in [-0.4, -0.2) is 23.7 Å². The second-order valence-electron chi connectivity index (χ2n) is 2.80. The lowest BCUT2D eigenvalue weighted by Gasteiger charge is -2.07. The molecule has 1 amide bonds. The first-order chi connectivity index (χ1) is 4.33. The van der Waals surface area contributed by atoms with Crippen LogP contribution in [0.25, 0.3) is 0 Å². The van der Waals surface area contributed by atoms with Gasteiger partial charge < -0.3 is 10.4 Å². The summed E-state index contributed by atoms with van der Waals surface area (Å²) < 4.78 is 0.